The van der Waals surface area contributed by atoms with Gasteiger partial charge in [0.15, 0.2) is 0 Å². The molecular formula is C18H26BNO3S. The molecule has 0 amide bonds. The minimum atomic E-state index is -1.40. The molecule has 0 bridgehead atoms. The average Bonchev–Trinajstić information content (AvgIpc) is 3.01. The molecule has 0 aliphatic heterocycles. The maximum Gasteiger partial charge on any atom is 0.499 e. The number of benzene rings is 1. The van der Waals surface area contributed by atoms with Crippen LogP contribution in [0.25, 0.3) is 0 Å². The van der Waals surface area contributed by atoms with Gasteiger partial charge in [0.1, 0.15) is 0 Å². The van der Waals surface area contributed by atoms with E-state index in [4.69, 9.17) is 0 Å². The summed E-state index contributed by atoms with van der Waals surface area (Å²) in [6.07, 6.45) is 1.34. The number of aliphatic hydroxyl groups is 1. The largest absolute Gasteiger partial charge is 0.499 e. The van der Waals surface area contributed by atoms with Crippen molar-refractivity contribution in [1.82, 2.24) is 4.90 Å². The van der Waals surface area contributed by atoms with Crippen LogP contribution in [0.5, 0.6) is 0 Å². The van der Waals surface area contributed by atoms with Gasteiger partial charge in [0.05, 0.1) is 5.60 Å². The zero-order chi connectivity index (χ0) is 17.6. The molecule has 4 nitrogen and oxygen atoms in total. The predicted octanol–water partition coefficient (Wildman–Crippen LogP) is 1.63. The normalized spacial score (nSPS) is 13.9. The smallest absolute Gasteiger partial charge is 0.423 e. The van der Waals surface area contributed by atoms with Crippen molar-refractivity contribution in [3.05, 3.63) is 52.9 Å². The standard InChI is InChI=1S/C18H26BNO3S/c1-3-20(14-16-9-10-17(24-16)19(22)23)12-11-18(2,21)13-15-7-5-4-6-8-15/h4-10,21-23H,3,11-14H2,1-2H3. The van der Waals surface area contributed by atoms with E-state index in [9.17, 15) is 15.2 Å². The summed E-state index contributed by atoms with van der Waals surface area (Å²) in [6.45, 7) is 6.43. The van der Waals surface area contributed by atoms with Gasteiger partial charge in [-0.15, -0.1) is 11.3 Å². The molecule has 0 saturated heterocycles. The highest BCUT2D eigenvalue weighted by atomic mass is 32.1. The van der Waals surface area contributed by atoms with Gasteiger partial charge in [-0.1, -0.05) is 43.3 Å². The van der Waals surface area contributed by atoms with E-state index in [2.05, 4.69) is 11.8 Å². The van der Waals surface area contributed by atoms with Crippen LogP contribution in [0.4, 0.5) is 0 Å². The first-order chi connectivity index (χ1) is 11.4. The molecular weight excluding hydrogens is 321 g/mol. The Morgan fingerprint density at radius 2 is 1.83 bits per heavy atom. The minimum Gasteiger partial charge on any atom is -0.423 e. The Morgan fingerprint density at radius 1 is 1.12 bits per heavy atom. The van der Waals surface area contributed by atoms with Gasteiger partial charge in [0.25, 0.3) is 0 Å². The fourth-order valence-corrected chi connectivity index (χ4v) is 3.64. The molecule has 24 heavy (non-hydrogen) atoms. The second-order valence-electron chi connectivity index (χ2n) is 6.46. The molecule has 130 valence electrons. The van der Waals surface area contributed by atoms with Crippen LogP contribution < -0.4 is 4.78 Å². The summed E-state index contributed by atoms with van der Waals surface area (Å²) in [4.78, 5) is 3.36. The van der Waals surface area contributed by atoms with E-state index in [1.807, 2.05) is 43.3 Å². The van der Waals surface area contributed by atoms with E-state index in [1.54, 1.807) is 6.07 Å². The van der Waals surface area contributed by atoms with E-state index in [0.717, 1.165) is 30.1 Å². The lowest BCUT2D eigenvalue weighted by atomic mass is 9.90. The third-order valence-corrected chi connectivity index (χ3v) is 5.27. The van der Waals surface area contributed by atoms with E-state index in [-0.39, 0.29) is 0 Å². The Bertz CT molecular complexity index is 616. The molecule has 1 aromatic heterocycles. The van der Waals surface area contributed by atoms with Crippen LogP contribution >= 0.6 is 11.3 Å². The monoisotopic (exact) mass is 347 g/mol. The molecule has 0 radical (unpaired) electrons. The van der Waals surface area contributed by atoms with Gasteiger partial charge in [-0.3, -0.25) is 4.90 Å². The lowest BCUT2D eigenvalue weighted by Gasteiger charge is -2.28. The second kappa shape index (κ2) is 8.78. The number of nitrogens with zero attached hydrogens (tertiary/aromatic N) is 1. The summed E-state index contributed by atoms with van der Waals surface area (Å²) in [6, 6.07) is 13.7. The van der Waals surface area contributed by atoms with Crippen molar-refractivity contribution in [2.24, 2.45) is 0 Å². The minimum absolute atomic E-state index is 0.567. The molecule has 1 unspecified atom stereocenters. The third-order valence-electron chi connectivity index (χ3n) is 4.16. The number of rotatable bonds is 9. The molecule has 0 aliphatic carbocycles. The van der Waals surface area contributed by atoms with Crippen molar-refractivity contribution < 1.29 is 15.2 Å². The highest BCUT2D eigenvalue weighted by molar-refractivity contribution is 7.22. The Morgan fingerprint density at radius 3 is 2.42 bits per heavy atom. The molecule has 1 atom stereocenters. The molecule has 6 heteroatoms. The van der Waals surface area contributed by atoms with Gasteiger partial charge in [-0.05, 0) is 31.5 Å². The van der Waals surface area contributed by atoms with Gasteiger partial charge >= 0.3 is 7.12 Å². The van der Waals surface area contributed by atoms with E-state index < -0.39 is 12.7 Å². The summed E-state index contributed by atoms with van der Waals surface area (Å²) in [5.41, 5.74) is 0.404. The van der Waals surface area contributed by atoms with Crippen molar-refractivity contribution in [3.8, 4) is 0 Å². The summed E-state index contributed by atoms with van der Waals surface area (Å²) in [5, 5.41) is 29.1. The first-order valence-electron chi connectivity index (χ1n) is 8.33. The van der Waals surface area contributed by atoms with Crippen LogP contribution in [0, 0.1) is 0 Å². The average molecular weight is 347 g/mol. The Kier molecular flexibility index (Phi) is 7.01. The number of thiophene rings is 1. The molecule has 3 N–H and O–H groups in total. The fourth-order valence-electron chi connectivity index (χ4n) is 2.71. The lowest BCUT2D eigenvalue weighted by Crippen LogP contribution is -2.34. The third kappa shape index (κ3) is 6.04. The molecule has 2 rings (SSSR count). The summed E-state index contributed by atoms with van der Waals surface area (Å²) in [5.74, 6) is 0. The maximum absolute atomic E-state index is 10.7. The van der Waals surface area contributed by atoms with Crippen LogP contribution in [0.3, 0.4) is 0 Å². The topological polar surface area (TPSA) is 63.9 Å². The van der Waals surface area contributed by atoms with Gasteiger partial charge in [0.2, 0.25) is 0 Å². The maximum atomic E-state index is 10.7. The fraction of sp³-hybridized carbons (Fsp3) is 0.444. The Hall–Kier alpha value is -1.18. The van der Waals surface area contributed by atoms with Gasteiger partial charge in [-0.2, -0.15) is 0 Å². The zero-order valence-corrected chi connectivity index (χ0v) is 15.2. The van der Waals surface area contributed by atoms with E-state index >= 15 is 0 Å². The lowest BCUT2D eigenvalue weighted by molar-refractivity contribution is 0.0393. The first kappa shape index (κ1) is 19.2. The van der Waals surface area contributed by atoms with Crippen molar-refractivity contribution in [2.75, 3.05) is 13.1 Å². The second-order valence-corrected chi connectivity index (χ2v) is 7.66. The van der Waals surface area contributed by atoms with Crippen LogP contribution in [0.2, 0.25) is 0 Å². The quantitative estimate of drug-likeness (QED) is 0.604. The van der Waals surface area contributed by atoms with Crippen LogP contribution in [0.15, 0.2) is 42.5 Å². The summed E-state index contributed by atoms with van der Waals surface area (Å²) >= 11 is 1.42. The van der Waals surface area contributed by atoms with Crippen molar-refractivity contribution in [3.63, 3.8) is 0 Å². The van der Waals surface area contributed by atoms with Crippen LogP contribution in [-0.2, 0) is 13.0 Å². The molecule has 1 aromatic carbocycles. The highest BCUT2D eigenvalue weighted by Gasteiger charge is 2.22. The van der Waals surface area contributed by atoms with Crippen LogP contribution in [-0.4, -0.2) is 45.9 Å². The first-order valence-corrected chi connectivity index (χ1v) is 9.14. The number of hydrogen-bond acceptors (Lipinski definition) is 5. The van der Waals surface area contributed by atoms with Gasteiger partial charge in [0, 0.05) is 29.2 Å². The Labute approximate surface area is 148 Å². The summed E-state index contributed by atoms with van der Waals surface area (Å²) in [7, 11) is -1.40. The number of hydrogen-bond donors (Lipinski definition) is 3. The van der Waals surface area contributed by atoms with Crippen molar-refractivity contribution in [1.29, 1.82) is 0 Å². The molecule has 0 spiro atoms. The van der Waals surface area contributed by atoms with Gasteiger partial charge in [-0.25, -0.2) is 0 Å². The van der Waals surface area contributed by atoms with E-state index in [0.29, 0.717) is 17.6 Å². The Balaban J connectivity index is 1.87. The summed E-state index contributed by atoms with van der Waals surface area (Å²) < 4.78 is 0.567. The molecule has 0 saturated carbocycles. The molecule has 0 aliphatic rings. The van der Waals surface area contributed by atoms with Gasteiger partial charge < -0.3 is 15.2 Å². The SMILES string of the molecule is CCN(CCC(C)(O)Cc1ccccc1)Cc1ccc(B(O)O)s1. The van der Waals surface area contributed by atoms with Crippen LogP contribution in [0.1, 0.15) is 30.7 Å². The zero-order valence-electron chi connectivity index (χ0n) is 14.4. The molecule has 1 heterocycles. The van der Waals surface area contributed by atoms with Crippen molar-refractivity contribution in [2.45, 2.75) is 38.8 Å². The van der Waals surface area contributed by atoms with Crippen molar-refractivity contribution >= 4 is 23.2 Å². The highest BCUT2D eigenvalue weighted by Crippen LogP contribution is 2.19. The predicted molar refractivity (Wildman–Crippen MR) is 100 cm³/mol. The van der Waals surface area contributed by atoms with E-state index in [1.165, 1.54) is 11.3 Å². The molecule has 2 aromatic rings. The molecule has 0 fully saturated rings.